The van der Waals surface area contributed by atoms with Gasteiger partial charge in [-0.15, -0.1) is 0 Å². The summed E-state index contributed by atoms with van der Waals surface area (Å²) in [7, 11) is 4.17. The Hall–Kier alpha value is -1.39. The molecule has 1 heterocycles. The molecule has 1 atom stereocenters. The fourth-order valence-electron chi connectivity index (χ4n) is 3.08. The Balaban J connectivity index is 1.95. The summed E-state index contributed by atoms with van der Waals surface area (Å²) in [5, 5.41) is 4.53. The molecule has 112 valence electrons. The molecule has 3 rings (SSSR count). The Bertz CT molecular complexity index is 627. The van der Waals surface area contributed by atoms with Gasteiger partial charge in [0.05, 0.1) is 5.69 Å². The fraction of sp³-hybridized carbons (Fsp3) is 0.471. The Labute approximate surface area is 131 Å². The zero-order valence-electron chi connectivity index (χ0n) is 13.2. The maximum atomic E-state index is 4.89. The van der Waals surface area contributed by atoms with Crippen LogP contribution in [-0.4, -0.2) is 19.1 Å². The van der Waals surface area contributed by atoms with Crippen LogP contribution in [0.1, 0.15) is 40.6 Å². The molecule has 21 heavy (non-hydrogen) atoms. The van der Waals surface area contributed by atoms with E-state index < -0.39 is 0 Å². The molecule has 1 unspecified atom stereocenters. The molecule has 1 aromatic heterocycles. The van der Waals surface area contributed by atoms with E-state index in [1.807, 2.05) is 18.4 Å². The van der Waals surface area contributed by atoms with Gasteiger partial charge < -0.3 is 10.2 Å². The molecule has 0 spiro atoms. The molecule has 0 amide bonds. The molecule has 0 bridgehead atoms. The lowest BCUT2D eigenvalue weighted by atomic mass is 9.98. The third-order valence-corrected chi connectivity index (χ3v) is 5.46. The van der Waals surface area contributed by atoms with Gasteiger partial charge >= 0.3 is 0 Å². The van der Waals surface area contributed by atoms with E-state index in [-0.39, 0.29) is 0 Å². The SMILES string of the molecule is CNC1CCCc2nc(N(C)c3cc(C)cc(C)c3)sc21. The van der Waals surface area contributed by atoms with Gasteiger partial charge in [0.2, 0.25) is 0 Å². The molecule has 0 saturated carbocycles. The van der Waals surface area contributed by atoms with Crippen molar-refractivity contribution in [3.63, 3.8) is 0 Å². The minimum atomic E-state index is 0.479. The smallest absolute Gasteiger partial charge is 0.190 e. The van der Waals surface area contributed by atoms with E-state index >= 15 is 0 Å². The van der Waals surface area contributed by atoms with Gasteiger partial charge in [0.15, 0.2) is 5.13 Å². The quantitative estimate of drug-likeness (QED) is 0.924. The number of fused-ring (bicyclic) bond motifs is 1. The lowest BCUT2D eigenvalue weighted by Gasteiger charge is -2.20. The predicted molar refractivity (Wildman–Crippen MR) is 90.8 cm³/mol. The van der Waals surface area contributed by atoms with E-state index in [0.29, 0.717) is 6.04 Å². The van der Waals surface area contributed by atoms with E-state index in [1.165, 1.54) is 40.2 Å². The van der Waals surface area contributed by atoms with Crippen molar-refractivity contribution in [2.24, 2.45) is 0 Å². The molecule has 0 aliphatic heterocycles. The maximum absolute atomic E-state index is 4.89. The first-order valence-electron chi connectivity index (χ1n) is 7.57. The number of hydrogen-bond donors (Lipinski definition) is 1. The lowest BCUT2D eigenvalue weighted by molar-refractivity contribution is 0.501. The number of nitrogens with zero attached hydrogens (tertiary/aromatic N) is 2. The summed E-state index contributed by atoms with van der Waals surface area (Å²) in [6, 6.07) is 7.14. The number of aromatic nitrogens is 1. The number of hydrogen-bond acceptors (Lipinski definition) is 4. The van der Waals surface area contributed by atoms with E-state index in [9.17, 15) is 0 Å². The van der Waals surface area contributed by atoms with Crippen LogP contribution in [0.25, 0.3) is 0 Å². The molecular formula is C17H23N3S. The topological polar surface area (TPSA) is 28.2 Å². The Morgan fingerprint density at radius 1 is 1.24 bits per heavy atom. The van der Waals surface area contributed by atoms with Gasteiger partial charge in [-0.2, -0.15) is 0 Å². The van der Waals surface area contributed by atoms with Gasteiger partial charge in [0.1, 0.15) is 0 Å². The second-order valence-corrected chi connectivity index (χ2v) is 6.95. The highest BCUT2D eigenvalue weighted by Crippen LogP contribution is 2.39. The summed E-state index contributed by atoms with van der Waals surface area (Å²) in [5.74, 6) is 0. The molecule has 1 aliphatic carbocycles. The van der Waals surface area contributed by atoms with Crippen molar-refractivity contribution >= 4 is 22.2 Å². The van der Waals surface area contributed by atoms with Gasteiger partial charge in [0.25, 0.3) is 0 Å². The number of thiazole rings is 1. The minimum absolute atomic E-state index is 0.479. The van der Waals surface area contributed by atoms with Crippen LogP contribution < -0.4 is 10.2 Å². The minimum Gasteiger partial charge on any atom is -0.321 e. The number of aryl methyl sites for hydroxylation is 3. The lowest BCUT2D eigenvalue weighted by Crippen LogP contribution is -2.19. The van der Waals surface area contributed by atoms with Gasteiger partial charge in [-0.25, -0.2) is 4.98 Å². The van der Waals surface area contributed by atoms with Gasteiger partial charge in [-0.05, 0) is 63.4 Å². The Morgan fingerprint density at radius 3 is 2.62 bits per heavy atom. The van der Waals surface area contributed by atoms with Crippen molar-refractivity contribution in [3.8, 4) is 0 Å². The highest BCUT2D eigenvalue weighted by Gasteiger charge is 2.24. The maximum Gasteiger partial charge on any atom is 0.190 e. The molecule has 4 heteroatoms. The normalized spacial score (nSPS) is 17.6. The van der Waals surface area contributed by atoms with E-state index in [0.717, 1.165) is 11.6 Å². The fourth-order valence-corrected chi connectivity index (χ4v) is 4.32. The zero-order chi connectivity index (χ0) is 15.0. The second kappa shape index (κ2) is 5.78. The molecule has 0 radical (unpaired) electrons. The molecule has 0 saturated heterocycles. The van der Waals surface area contributed by atoms with Crippen LogP contribution in [0.2, 0.25) is 0 Å². The van der Waals surface area contributed by atoms with Crippen molar-refractivity contribution in [2.45, 2.75) is 39.2 Å². The van der Waals surface area contributed by atoms with Crippen molar-refractivity contribution in [1.82, 2.24) is 10.3 Å². The van der Waals surface area contributed by atoms with E-state index in [1.54, 1.807) is 0 Å². The first-order chi connectivity index (χ1) is 10.1. The summed E-state index contributed by atoms with van der Waals surface area (Å²) in [4.78, 5) is 8.53. The summed E-state index contributed by atoms with van der Waals surface area (Å²) in [6.45, 7) is 4.29. The van der Waals surface area contributed by atoms with Gasteiger partial charge in [-0.3, -0.25) is 0 Å². The average molecular weight is 301 g/mol. The number of anilines is 2. The summed E-state index contributed by atoms with van der Waals surface area (Å²) >= 11 is 1.83. The second-order valence-electron chi connectivity index (χ2n) is 5.95. The molecule has 1 aliphatic rings. The highest BCUT2D eigenvalue weighted by molar-refractivity contribution is 7.15. The largest absolute Gasteiger partial charge is 0.321 e. The van der Waals surface area contributed by atoms with Gasteiger partial charge in [0, 0.05) is 23.7 Å². The molecule has 0 fully saturated rings. The van der Waals surface area contributed by atoms with Crippen molar-refractivity contribution < 1.29 is 0 Å². The first kappa shape index (κ1) is 14.5. The predicted octanol–water partition coefficient (Wildman–Crippen LogP) is 4.12. The van der Waals surface area contributed by atoms with Crippen molar-refractivity contribution in [2.75, 3.05) is 19.0 Å². The van der Waals surface area contributed by atoms with Crippen LogP contribution >= 0.6 is 11.3 Å². The standard InChI is InChI=1S/C17H23N3S/c1-11-8-12(2)10-13(9-11)20(4)17-19-15-7-5-6-14(18-3)16(15)21-17/h8-10,14,18H,5-7H2,1-4H3. The van der Waals surface area contributed by atoms with Crippen LogP contribution in [-0.2, 0) is 6.42 Å². The Morgan fingerprint density at radius 2 is 1.95 bits per heavy atom. The molecular weight excluding hydrogens is 278 g/mol. The number of benzene rings is 1. The zero-order valence-corrected chi connectivity index (χ0v) is 14.0. The molecule has 2 aromatic rings. The van der Waals surface area contributed by atoms with E-state index in [2.05, 4.69) is 49.3 Å². The average Bonchev–Trinajstić information content (AvgIpc) is 2.89. The summed E-state index contributed by atoms with van der Waals surface area (Å²) < 4.78 is 0. The first-order valence-corrected chi connectivity index (χ1v) is 8.39. The number of rotatable bonds is 3. The van der Waals surface area contributed by atoms with Crippen LogP contribution in [0.5, 0.6) is 0 Å². The van der Waals surface area contributed by atoms with Gasteiger partial charge in [-0.1, -0.05) is 17.4 Å². The van der Waals surface area contributed by atoms with E-state index in [4.69, 9.17) is 4.98 Å². The van der Waals surface area contributed by atoms with Crippen LogP contribution in [0.4, 0.5) is 10.8 Å². The van der Waals surface area contributed by atoms with Crippen molar-refractivity contribution in [1.29, 1.82) is 0 Å². The third-order valence-electron chi connectivity index (χ3n) is 4.17. The Kier molecular flexibility index (Phi) is 4.00. The third kappa shape index (κ3) is 2.83. The van der Waals surface area contributed by atoms with Crippen LogP contribution in [0.15, 0.2) is 18.2 Å². The summed E-state index contributed by atoms with van der Waals surface area (Å²) in [6.07, 6.45) is 3.57. The highest BCUT2D eigenvalue weighted by atomic mass is 32.1. The molecule has 1 aromatic carbocycles. The summed E-state index contributed by atoms with van der Waals surface area (Å²) in [5.41, 5.74) is 5.11. The molecule has 1 N–H and O–H groups in total. The van der Waals surface area contributed by atoms with Crippen LogP contribution in [0, 0.1) is 13.8 Å². The van der Waals surface area contributed by atoms with Crippen LogP contribution in [0.3, 0.4) is 0 Å². The number of nitrogens with one attached hydrogen (secondary N) is 1. The monoisotopic (exact) mass is 301 g/mol. The molecule has 3 nitrogen and oxygen atoms in total. The van der Waals surface area contributed by atoms with Crippen molar-refractivity contribution in [3.05, 3.63) is 39.9 Å².